The van der Waals surface area contributed by atoms with Crippen molar-refractivity contribution >= 4 is 15.8 Å². The van der Waals surface area contributed by atoms with E-state index in [2.05, 4.69) is 12.1 Å². The van der Waals surface area contributed by atoms with Gasteiger partial charge in [0.15, 0.2) is 0 Å². The van der Waals surface area contributed by atoms with Crippen LogP contribution in [0.2, 0.25) is 0 Å². The molecule has 0 spiro atoms. The van der Waals surface area contributed by atoms with Gasteiger partial charge < -0.3 is 5.11 Å². The Kier molecular flexibility index (Phi) is 5.30. The zero-order chi connectivity index (χ0) is 19.2. The number of hydrogen-bond donors (Lipinski definition) is 1. The first-order valence-electron chi connectivity index (χ1n) is 9.32. The van der Waals surface area contributed by atoms with Crippen molar-refractivity contribution in [3.05, 3.63) is 34.4 Å². The van der Waals surface area contributed by atoms with Crippen molar-refractivity contribution in [3.8, 4) is 0 Å². The van der Waals surface area contributed by atoms with E-state index < -0.39 is 22.0 Å². The highest BCUT2D eigenvalue weighted by Crippen LogP contribution is 2.42. The van der Waals surface area contributed by atoms with Gasteiger partial charge in [0.05, 0.1) is 18.3 Å². The molecule has 1 saturated heterocycles. The molecule has 0 aromatic heterocycles. The number of aliphatic hydroxyl groups is 1. The summed E-state index contributed by atoms with van der Waals surface area (Å²) in [7, 11) is -3.16. The van der Waals surface area contributed by atoms with Crippen molar-refractivity contribution in [1.29, 1.82) is 0 Å². The van der Waals surface area contributed by atoms with Crippen LogP contribution in [-0.2, 0) is 14.8 Å². The van der Waals surface area contributed by atoms with Gasteiger partial charge in [-0.25, -0.2) is 12.7 Å². The van der Waals surface area contributed by atoms with E-state index in [1.54, 1.807) is 0 Å². The van der Waals surface area contributed by atoms with Crippen LogP contribution in [0.5, 0.6) is 0 Å². The normalized spacial score (nSPS) is 30.3. The minimum absolute atomic E-state index is 0.116. The maximum Gasteiger partial charge on any atom is 0.211 e. The molecule has 26 heavy (non-hydrogen) atoms. The van der Waals surface area contributed by atoms with Crippen LogP contribution >= 0.6 is 0 Å². The molecule has 4 unspecified atom stereocenters. The highest BCUT2D eigenvalue weighted by atomic mass is 32.2. The summed E-state index contributed by atoms with van der Waals surface area (Å²) in [5, 5.41) is 10.6. The van der Waals surface area contributed by atoms with Crippen molar-refractivity contribution in [2.45, 2.75) is 52.1 Å². The standard InChI is InChI=1S/C20H29NO4S/c1-12-7-13(2)18(14(3)8-12)19-17(22)10-16(20(19)23)9-15-5-6-21(11-15)26(4,24)25/h7-8,15-17,19,22H,5-6,9-11H2,1-4H3. The first-order chi connectivity index (χ1) is 12.1. The largest absolute Gasteiger partial charge is 0.392 e. The molecule has 4 atom stereocenters. The van der Waals surface area contributed by atoms with Gasteiger partial charge in [-0.2, -0.15) is 0 Å². The average molecular weight is 380 g/mol. The minimum Gasteiger partial charge on any atom is -0.392 e. The monoisotopic (exact) mass is 379 g/mol. The van der Waals surface area contributed by atoms with Crippen molar-refractivity contribution in [3.63, 3.8) is 0 Å². The molecule has 0 bridgehead atoms. The van der Waals surface area contributed by atoms with Crippen LogP contribution < -0.4 is 0 Å². The topological polar surface area (TPSA) is 74.7 Å². The fourth-order valence-electron chi connectivity index (χ4n) is 4.91. The number of aryl methyl sites for hydroxylation is 3. The highest BCUT2D eigenvalue weighted by Gasteiger charge is 2.44. The van der Waals surface area contributed by atoms with Crippen LogP contribution in [0.1, 0.15) is 47.4 Å². The molecule has 0 amide bonds. The maximum atomic E-state index is 13.1. The van der Waals surface area contributed by atoms with Gasteiger partial charge in [0.2, 0.25) is 10.0 Å². The molecule has 144 valence electrons. The molecule has 6 heteroatoms. The number of nitrogens with zero attached hydrogens (tertiary/aromatic N) is 1. The molecule has 1 N–H and O–H groups in total. The van der Waals surface area contributed by atoms with E-state index in [0.717, 1.165) is 28.7 Å². The number of aliphatic hydroxyl groups excluding tert-OH is 1. The number of rotatable bonds is 4. The van der Waals surface area contributed by atoms with Gasteiger partial charge in [0.1, 0.15) is 5.78 Å². The van der Waals surface area contributed by atoms with Gasteiger partial charge in [-0.05, 0) is 62.6 Å². The van der Waals surface area contributed by atoms with Crippen LogP contribution in [0, 0.1) is 32.6 Å². The van der Waals surface area contributed by atoms with E-state index >= 15 is 0 Å². The molecular formula is C20H29NO4S. The quantitative estimate of drug-likeness (QED) is 0.871. The number of sulfonamides is 1. The summed E-state index contributed by atoms with van der Waals surface area (Å²) in [6, 6.07) is 4.13. The molecule has 5 nitrogen and oxygen atoms in total. The molecule has 1 heterocycles. The van der Waals surface area contributed by atoms with Gasteiger partial charge in [-0.15, -0.1) is 0 Å². The second kappa shape index (κ2) is 7.06. The molecule has 1 saturated carbocycles. The van der Waals surface area contributed by atoms with Crippen LogP contribution in [0.15, 0.2) is 12.1 Å². The third kappa shape index (κ3) is 3.73. The van der Waals surface area contributed by atoms with Crippen molar-refractivity contribution in [1.82, 2.24) is 4.31 Å². The van der Waals surface area contributed by atoms with E-state index in [4.69, 9.17) is 0 Å². The fraction of sp³-hybridized carbons (Fsp3) is 0.650. The molecule has 0 radical (unpaired) electrons. The van der Waals surface area contributed by atoms with Gasteiger partial charge in [0, 0.05) is 19.0 Å². The fourth-order valence-corrected chi connectivity index (χ4v) is 5.83. The Bertz CT molecular complexity index is 794. The van der Waals surface area contributed by atoms with Crippen LogP contribution in [0.3, 0.4) is 0 Å². The average Bonchev–Trinajstić information content (AvgIpc) is 3.07. The Hall–Kier alpha value is -1.24. The number of Topliss-reactive ketones (excluding diaryl/α,β-unsaturated/α-hetero) is 1. The van der Waals surface area contributed by atoms with Crippen molar-refractivity contribution in [2.75, 3.05) is 19.3 Å². The van der Waals surface area contributed by atoms with Crippen LogP contribution in [0.25, 0.3) is 0 Å². The summed E-state index contributed by atoms with van der Waals surface area (Å²) in [4.78, 5) is 13.1. The molecule has 1 aromatic rings. The summed E-state index contributed by atoms with van der Waals surface area (Å²) >= 11 is 0. The third-order valence-electron chi connectivity index (χ3n) is 6.00. The number of carbonyl (C=O) groups is 1. The highest BCUT2D eigenvalue weighted by molar-refractivity contribution is 7.88. The summed E-state index contributed by atoms with van der Waals surface area (Å²) in [5.74, 6) is -0.317. The van der Waals surface area contributed by atoms with Crippen LogP contribution in [-0.4, -0.2) is 49.1 Å². The number of ketones is 1. The Morgan fingerprint density at radius 3 is 2.35 bits per heavy atom. The Morgan fingerprint density at radius 2 is 1.81 bits per heavy atom. The molecule has 2 fully saturated rings. The van der Waals surface area contributed by atoms with Gasteiger partial charge >= 0.3 is 0 Å². The minimum atomic E-state index is -3.16. The zero-order valence-corrected chi connectivity index (χ0v) is 16.8. The summed E-state index contributed by atoms with van der Waals surface area (Å²) in [5.41, 5.74) is 4.25. The summed E-state index contributed by atoms with van der Waals surface area (Å²) in [6.45, 7) is 7.07. The molecule has 1 aromatic carbocycles. The SMILES string of the molecule is Cc1cc(C)c(C2C(=O)C(CC3CCN(S(C)(=O)=O)C3)CC2O)c(C)c1. The van der Waals surface area contributed by atoms with Crippen molar-refractivity contribution in [2.24, 2.45) is 11.8 Å². The maximum absolute atomic E-state index is 13.1. The Morgan fingerprint density at radius 1 is 1.19 bits per heavy atom. The van der Waals surface area contributed by atoms with Crippen molar-refractivity contribution < 1.29 is 18.3 Å². The van der Waals surface area contributed by atoms with E-state index in [9.17, 15) is 18.3 Å². The number of carbonyl (C=O) groups excluding carboxylic acids is 1. The summed E-state index contributed by atoms with van der Waals surface area (Å²) < 4.78 is 24.9. The van der Waals surface area contributed by atoms with Gasteiger partial charge in [-0.1, -0.05) is 17.7 Å². The lowest BCUT2D eigenvalue weighted by molar-refractivity contribution is -0.122. The number of benzene rings is 1. The first-order valence-corrected chi connectivity index (χ1v) is 11.2. The van der Waals surface area contributed by atoms with Gasteiger partial charge in [-0.3, -0.25) is 4.79 Å². The predicted octanol–water partition coefficient (Wildman–Crippen LogP) is 2.32. The Balaban J connectivity index is 1.75. The first kappa shape index (κ1) is 19.5. The number of hydrogen-bond acceptors (Lipinski definition) is 4. The molecule has 1 aliphatic carbocycles. The lowest BCUT2D eigenvalue weighted by Crippen LogP contribution is -2.28. The van der Waals surface area contributed by atoms with E-state index in [0.29, 0.717) is 25.9 Å². The summed E-state index contributed by atoms with van der Waals surface area (Å²) in [6.07, 6.45) is 2.52. The predicted molar refractivity (Wildman–Crippen MR) is 102 cm³/mol. The molecular weight excluding hydrogens is 350 g/mol. The zero-order valence-electron chi connectivity index (χ0n) is 16.0. The lowest BCUT2D eigenvalue weighted by atomic mass is 9.85. The van der Waals surface area contributed by atoms with E-state index in [-0.39, 0.29) is 17.6 Å². The van der Waals surface area contributed by atoms with E-state index in [1.807, 2.05) is 20.8 Å². The van der Waals surface area contributed by atoms with Crippen LogP contribution in [0.4, 0.5) is 0 Å². The molecule has 1 aliphatic heterocycles. The second-order valence-electron chi connectivity index (χ2n) is 8.20. The van der Waals surface area contributed by atoms with Gasteiger partial charge in [0.25, 0.3) is 0 Å². The molecule has 2 aliphatic rings. The Labute approximate surface area is 156 Å². The van der Waals surface area contributed by atoms with E-state index in [1.165, 1.54) is 10.6 Å². The third-order valence-corrected chi connectivity index (χ3v) is 7.27. The lowest BCUT2D eigenvalue weighted by Gasteiger charge is -2.20. The second-order valence-corrected chi connectivity index (χ2v) is 10.2. The smallest absolute Gasteiger partial charge is 0.211 e. The molecule has 3 rings (SSSR count).